The Hall–Kier alpha value is -3.32. The molecule has 0 bridgehead atoms. The van der Waals surface area contributed by atoms with Gasteiger partial charge in [-0.05, 0) is 92.3 Å². The molecular weight excluding hydrogens is 762 g/mol. The van der Waals surface area contributed by atoms with Gasteiger partial charge in [0, 0.05) is 21.2 Å². The van der Waals surface area contributed by atoms with Gasteiger partial charge in [0.05, 0.1) is 39.2 Å². The molecule has 1 aromatic heterocycles. The number of rotatable bonds is 10. The van der Waals surface area contributed by atoms with Crippen molar-refractivity contribution >= 4 is 69.2 Å². The predicted molar refractivity (Wildman–Crippen MR) is 189 cm³/mol. The van der Waals surface area contributed by atoms with E-state index in [2.05, 4.69) is 27.6 Å². The molecule has 0 saturated carbocycles. The summed E-state index contributed by atoms with van der Waals surface area (Å²) in [6.45, 7) is 7.75. The largest absolute Gasteiger partial charge is 0.493 e. The van der Waals surface area contributed by atoms with E-state index in [1.54, 1.807) is 49.8 Å². The topological polar surface area (TPSA) is 88.4 Å². The number of carbonyl (C=O) groups excluding carboxylic acids is 1. The first-order valence-electron chi connectivity index (χ1n) is 14.4. The number of thiazole rings is 1. The molecule has 8 nitrogen and oxygen atoms in total. The summed E-state index contributed by atoms with van der Waals surface area (Å²) in [5, 5.41) is 1.05. The lowest BCUT2D eigenvalue weighted by Crippen LogP contribution is -2.40. The standard InChI is InChI=1S/C34H31Cl2IN2O6S/c1-6-43-33(41)29-19(4)38-34-39(30(29)23-9-7-8-10-26(23)45-18(2)3)32(40)28(46-34)15-20-13-25(37)31(27(14-20)42-5)44-17-21-11-12-22(35)16-24(21)36/h7-16,18,30H,6,17H2,1-5H3/b28-15+/t30-/m0/s1. The number of aromatic nitrogens is 1. The molecule has 1 aliphatic rings. The zero-order chi connectivity index (χ0) is 33.1. The Balaban J connectivity index is 1.60. The maximum atomic E-state index is 14.2. The summed E-state index contributed by atoms with van der Waals surface area (Å²) in [5.74, 6) is 1.08. The fourth-order valence-electron chi connectivity index (χ4n) is 5.06. The normalized spacial score (nSPS) is 14.6. The third-order valence-corrected chi connectivity index (χ3v) is 9.40. The van der Waals surface area contributed by atoms with Crippen LogP contribution in [0.1, 0.15) is 50.4 Å². The number of nitrogens with zero attached hydrogens (tertiary/aromatic N) is 2. The maximum Gasteiger partial charge on any atom is 0.338 e. The van der Waals surface area contributed by atoms with Crippen LogP contribution in [0.25, 0.3) is 6.08 Å². The quantitative estimate of drug-likeness (QED) is 0.126. The van der Waals surface area contributed by atoms with Crippen LogP contribution < -0.4 is 29.1 Å². The Bertz CT molecular complexity index is 2020. The molecule has 0 N–H and O–H groups in total. The second-order valence-electron chi connectivity index (χ2n) is 10.6. The lowest BCUT2D eigenvalue weighted by Gasteiger charge is -2.26. The molecule has 1 aliphatic heterocycles. The average molecular weight is 794 g/mol. The van der Waals surface area contributed by atoms with Crippen molar-refractivity contribution in [3.8, 4) is 17.2 Å². The van der Waals surface area contributed by atoms with Gasteiger partial charge in [0.1, 0.15) is 18.4 Å². The van der Waals surface area contributed by atoms with Gasteiger partial charge in [-0.25, -0.2) is 9.79 Å². The number of hydrogen-bond donors (Lipinski definition) is 0. The van der Waals surface area contributed by atoms with Gasteiger partial charge in [-0.15, -0.1) is 0 Å². The molecule has 2 heterocycles. The van der Waals surface area contributed by atoms with Crippen LogP contribution in [-0.4, -0.2) is 30.4 Å². The van der Waals surface area contributed by atoms with Gasteiger partial charge in [0.2, 0.25) is 0 Å². The zero-order valence-electron chi connectivity index (χ0n) is 25.7. The van der Waals surface area contributed by atoms with Crippen LogP contribution in [0.3, 0.4) is 0 Å². The van der Waals surface area contributed by atoms with Crippen LogP contribution in [0.5, 0.6) is 17.2 Å². The van der Waals surface area contributed by atoms with E-state index in [4.69, 9.17) is 42.1 Å². The summed E-state index contributed by atoms with van der Waals surface area (Å²) in [4.78, 5) is 32.6. The second-order valence-corrected chi connectivity index (χ2v) is 13.6. The highest BCUT2D eigenvalue weighted by Crippen LogP contribution is 2.37. The number of para-hydroxylation sites is 1. The van der Waals surface area contributed by atoms with Crippen molar-refractivity contribution in [1.29, 1.82) is 0 Å². The molecular formula is C34H31Cl2IN2O6S. The maximum absolute atomic E-state index is 14.2. The molecule has 240 valence electrons. The Labute approximate surface area is 294 Å². The molecule has 3 aromatic carbocycles. The first-order valence-corrected chi connectivity index (χ1v) is 17.1. The summed E-state index contributed by atoms with van der Waals surface area (Å²) < 4.78 is 26.1. The molecule has 0 fully saturated rings. The first-order chi connectivity index (χ1) is 22.0. The molecule has 0 radical (unpaired) electrons. The first kappa shape index (κ1) is 34.0. The predicted octanol–water partition coefficient (Wildman–Crippen LogP) is 7.08. The lowest BCUT2D eigenvalue weighted by atomic mass is 9.95. The molecule has 0 amide bonds. The number of esters is 1. The van der Waals surface area contributed by atoms with E-state index in [0.29, 0.717) is 53.5 Å². The Morgan fingerprint density at radius 3 is 2.59 bits per heavy atom. The van der Waals surface area contributed by atoms with Gasteiger partial charge in [-0.2, -0.15) is 0 Å². The van der Waals surface area contributed by atoms with Gasteiger partial charge in [0.25, 0.3) is 5.56 Å². The minimum absolute atomic E-state index is 0.124. The van der Waals surface area contributed by atoms with Crippen molar-refractivity contribution in [1.82, 2.24) is 4.57 Å². The van der Waals surface area contributed by atoms with Crippen molar-refractivity contribution in [3.63, 3.8) is 0 Å². The molecule has 0 saturated heterocycles. The number of hydrogen-bond acceptors (Lipinski definition) is 8. The van der Waals surface area contributed by atoms with Crippen molar-refractivity contribution < 1.29 is 23.7 Å². The van der Waals surface area contributed by atoms with E-state index < -0.39 is 12.0 Å². The summed E-state index contributed by atoms with van der Waals surface area (Å²) in [5.41, 5.74) is 2.65. The Morgan fingerprint density at radius 1 is 1.13 bits per heavy atom. The molecule has 4 aromatic rings. The monoisotopic (exact) mass is 792 g/mol. The summed E-state index contributed by atoms with van der Waals surface area (Å²) in [6, 6.07) is 15.6. The molecule has 1 atom stereocenters. The fourth-order valence-corrected chi connectivity index (χ4v) is 7.35. The molecule has 12 heteroatoms. The second kappa shape index (κ2) is 14.6. The van der Waals surface area contributed by atoms with Gasteiger partial charge >= 0.3 is 5.97 Å². The van der Waals surface area contributed by atoms with Crippen LogP contribution >= 0.6 is 57.1 Å². The fraction of sp³-hybridized carbons (Fsp3) is 0.265. The minimum Gasteiger partial charge on any atom is -0.493 e. The lowest BCUT2D eigenvalue weighted by molar-refractivity contribution is -0.139. The van der Waals surface area contributed by atoms with E-state index in [9.17, 15) is 9.59 Å². The smallest absolute Gasteiger partial charge is 0.338 e. The van der Waals surface area contributed by atoms with E-state index in [-0.39, 0.29) is 24.9 Å². The summed E-state index contributed by atoms with van der Waals surface area (Å²) >= 11 is 15.8. The minimum atomic E-state index is -0.794. The SMILES string of the molecule is CCOC(=O)C1=C(C)N=c2s/c(=C/c3cc(I)c(OCc4ccc(Cl)cc4Cl)c(OC)c3)c(=O)n2[C@H]1c1ccccc1OC(C)C. The van der Waals surface area contributed by atoms with Crippen LogP contribution in [0.4, 0.5) is 0 Å². The number of allylic oxidation sites excluding steroid dienone is 1. The van der Waals surface area contributed by atoms with Crippen molar-refractivity contribution in [3.05, 3.63) is 116 Å². The van der Waals surface area contributed by atoms with Crippen molar-refractivity contribution in [2.24, 2.45) is 4.99 Å². The van der Waals surface area contributed by atoms with Gasteiger partial charge in [0.15, 0.2) is 16.3 Å². The van der Waals surface area contributed by atoms with Gasteiger partial charge < -0.3 is 18.9 Å². The zero-order valence-corrected chi connectivity index (χ0v) is 30.2. The van der Waals surface area contributed by atoms with Crippen LogP contribution in [0.2, 0.25) is 10.0 Å². The van der Waals surface area contributed by atoms with E-state index in [1.165, 1.54) is 11.3 Å². The summed E-state index contributed by atoms with van der Waals surface area (Å²) in [6.07, 6.45) is 1.66. The number of benzene rings is 3. The van der Waals surface area contributed by atoms with E-state index in [0.717, 1.165) is 14.7 Å². The molecule has 5 rings (SSSR count). The highest BCUT2D eigenvalue weighted by atomic mass is 127. The Kier molecular flexibility index (Phi) is 10.8. The van der Waals surface area contributed by atoms with Crippen molar-refractivity contribution in [2.75, 3.05) is 13.7 Å². The molecule has 0 unspecified atom stereocenters. The third-order valence-electron chi connectivity index (χ3n) is 7.03. The van der Waals surface area contributed by atoms with Crippen LogP contribution in [-0.2, 0) is 16.1 Å². The third kappa shape index (κ3) is 7.15. The number of ether oxygens (including phenoxy) is 4. The number of halogens is 3. The molecule has 46 heavy (non-hydrogen) atoms. The van der Waals surface area contributed by atoms with Crippen LogP contribution in [0, 0.1) is 3.57 Å². The average Bonchev–Trinajstić information content (AvgIpc) is 3.30. The van der Waals surface area contributed by atoms with E-state index >= 15 is 0 Å². The number of methoxy groups -OCH3 is 1. The number of fused-ring (bicyclic) bond motifs is 1. The highest BCUT2D eigenvalue weighted by molar-refractivity contribution is 14.1. The van der Waals surface area contributed by atoms with Crippen LogP contribution in [0.15, 0.2) is 75.7 Å². The number of carbonyl (C=O) groups is 1. The molecule has 0 aliphatic carbocycles. The Morgan fingerprint density at radius 2 is 1.89 bits per heavy atom. The van der Waals surface area contributed by atoms with Gasteiger partial charge in [-0.1, -0.05) is 58.8 Å². The van der Waals surface area contributed by atoms with E-state index in [1.807, 2.05) is 50.2 Å². The van der Waals surface area contributed by atoms with Gasteiger partial charge in [-0.3, -0.25) is 9.36 Å². The highest BCUT2D eigenvalue weighted by Gasteiger charge is 2.35. The molecule has 0 spiro atoms. The summed E-state index contributed by atoms with van der Waals surface area (Å²) in [7, 11) is 1.56. The van der Waals surface area contributed by atoms with Crippen molar-refractivity contribution in [2.45, 2.75) is 46.4 Å².